The third-order valence-electron chi connectivity index (χ3n) is 4.87. The molecule has 1 aromatic carbocycles. The zero-order chi connectivity index (χ0) is 18.5. The molecule has 0 radical (unpaired) electrons. The quantitative estimate of drug-likeness (QED) is 0.845. The van der Waals surface area contributed by atoms with Crippen molar-refractivity contribution >= 4 is 0 Å². The van der Waals surface area contributed by atoms with Crippen LogP contribution in [0.5, 0.6) is 5.75 Å². The van der Waals surface area contributed by atoms with Crippen molar-refractivity contribution in [2.45, 2.75) is 17.5 Å². The van der Waals surface area contributed by atoms with Gasteiger partial charge in [-0.2, -0.15) is 13.2 Å². The number of benzene rings is 1. The first kappa shape index (κ1) is 17.2. The van der Waals surface area contributed by atoms with Crippen LogP contribution in [0, 0.1) is 5.82 Å². The summed E-state index contributed by atoms with van der Waals surface area (Å²) in [5.41, 5.74) is 0.475. The van der Waals surface area contributed by atoms with Crippen LogP contribution in [0.15, 0.2) is 30.3 Å². The molecule has 1 atom stereocenters. The summed E-state index contributed by atoms with van der Waals surface area (Å²) in [5.74, 6) is -2.18. The second kappa shape index (κ2) is 5.92. The van der Waals surface area contributed by atoms with Crippen LogP contribution in [0.1, 0.15) is 17.2 Å². The van der Waals surface area contributed by atoms with Crippen LogP contribution >= 0.6 is 0 Å². The Hall–Kier alpha value is -2.19. The number of hydrogen-bond donors (Lipinski definition) is 1. The maximum absolute atomic E-state index is 13.3. The van der Waals surface area contributed by atoms with E-state index in [-0.39, 0.29) is 18.0 Å². The lowest BCUT2D eigenvalue weighted by molar-refractivity contribution is -0.159. The Labute approximate surface area is 146 Å². The molecule has 8 heteroatoms. The second-order valence-corrected chi connectivity index (χ2v) is 6.62. The van der Waals surface area contributed by atoms with Gasteiger partial charge >= 0.3 is 6.18 Å². The molecule has 26 heavy (non-hydrogen) atoms. The molecule has 2 aliphatic rings. The molecule has 0 saturated carbocycles. The minimum Gasteiger partial charge on any atom is -0.490 e. The molecule has 2 aliphatic heterocycles. The van der Waals surface area contributed by atoms with Crippen molar-refractivity contribution < 1.29 is 32.1 Å². The van der Waals surface area contributed by atoms with E-state index < -0.39 is 29.9 Å². The third kappa shape index (κ3) is 2.64. The summed E-state index contributed by atoms with van der Waals surface area (Å²) in [6.45, 7) is -0.121. The van der Waals surface area contributed by atoms with Gasteiger partial charge in [0, 0.05) is 11.1 Å². The number of nitrogens with zero attached hydrogens (tertiary/aromatic N) is 1. The average Bonchev–Trinajstić information content (AvgIpc) is 2.94. The summed E-state index contributed by atoms with van der Waals surface area (Å²) in [6.07, 6.45) is -4.64. The zero-order valence-corrected chi connectivity index (χ0v) is 13.5. The van der Waals surface area contributed by atoms with E-state index in [1.807, 2.05) is 0 Å². The highest BCUT2D eigenvalue weighted by molar-refractivity contribution is 5.71. The average molecular weight is 369 g/mol. The molecule has 4 nitrogen and oxygen atoms in total. The first-order valence-corrected chi connectivity index (χ1v) is 8.03. The van der Waals surface area contributed by atoms with Gasteiger partial charge in [-0.05, 0) is 30.3 Å². The van der Waals surface area contributed by atoms with Crippen molar-refractivity contribution in [3.63, 3.8) is 0 Å². The van der Waals surface area contributed by atoms with Crippen LogP contribution in [0.2, 0.25) is 0 Å². The monoisotopic (exact) mass is 369 g/mol. The largest absolute Gasteiger partial charge is 0.490 e. The predicted molar refractivity (Wildman–Crippen MR) is 83.5 cm³/mol. The zero-order valence-electron chi connectivity index (χ0n) is 13.5. The minimum absolute atomic E-state index is 0.212. The van der Waals surface area contributed by atoms with E-state index >= 15 is 0 Å². The highest BCUT2D eigenvalue weighted by Crippen LogP contribution is 2.49. The number of aromatic nitrogens is 1. The van der Waals surface area contributed by atoms with Crippen LogP contribution < -0.4 is 4.74 Å². The fourth-order valence-electron chi connectivity index (χ4n) is 3.32. The second-order valence-electron chi connectivity index (χ2n) is 6.62. The molecule has 3 heterocycles. The number of alkyl halides is 3. The number of pyridine rings is 1. The van der Waals surface area contributed by atoms with Gasteiger partial charge in [0.25, 0.3) is 0 Å². The van der Waals surface area contributed by atoms with E-state index in [1.165, 1.54) is 30.3 Å². The first-order valence-electron chi connectivity index (χ1n) is 8.03. The minimum atomic E-state index is -4.64. The molecule has 0 bridgehead atoms. The Balaban J connectivity index is 1.91. The lowest BCUT2D eigenvalue weighted by atomic mass is 9.79. The van der Waals surface area contributed by atoms with Gasteiger partial charge < -0.3 is 14.6 Å². The van der Waals surface area contributed by atoms with Gasteiger partial charge in [0.2, 0.25) is 0 Å². The van der Waals surface area contributed by atoms with E-state index in [9.17, 15) is 22.7 Å². The van der Waals surface area contributed by atoms with Gasteiger partial charge in [-0.3, -0.25) is 0 Å². The highest BCUT2D eigenvalue weighted by Gasteiger charge is 2.50. The van der Waals surface area contributed by atoms with Crippen molar-refractivity contribution in [3.05, 3.63) is 47.4 Å². The molecule has 2 aromatic rings. The van der Waals surface area contributed by atoms with Crippen molar-refractivity contribution in [2.75, 3.05) is 26.4 Å². The number of aliphatic hydroxyl groups is 1. The Morgan fingerprint density at radius 1 is 1.15 bits per heavy atom. The predicted octanol–water partition coefficient (Wildman–Crippen LogP) is 3.19. The summed E-state index contributed by atoms with van der Waals surface area (Å²) in [4.78, 5) is 4.14. The van der Waals surface area contributed by atoms with Gasteiger partial charge in [-0.15, -0.1) is 0 Å². The normalized spacial score (nSPS) is 19.0. The Morgan fingerprint density at radius 2 is 1.85 bits per heavy atom. The maximum Gasteiger partial charge on any atom is 0.399 e. The van der Waals surface area contributed by atoms with Gasteiger partial charge in [-0.1, -0.05) is 0 Å². The fourth-order valence-corrected chi connectivity index (χ4v) is 3.32. The molecule has 1 aromatic heterocycles. The smallest absolute Gasteiger partial charge is 0.399 e. The van der Waals surface area contributed by atoms with Gasteiger partial charge in [0.05, 0.1) is 30.9 Å². The molecular weight excluding hydrogens is 354 g/mol. The summed E-state index contributed by atoms with van der Waals surface area (Å²) in [5, 5.41) is 9.30. The molecule has 1 N–H and O–H groups in total. The molecule has 1 spiro atoms. The van der Waals surface area contributed by atoms with E-state index in [0.29, 0.717) is 30.1 Å². The number of halogens is 4. The highest BCUT2D eigenvalue weighted by atomic mass is 19.4. The summed E-state index contributed by atoms with van der Waals surface area (Å²) in [6, 6.07) is 6.65. The summed E-state index contributed by atoms with van der Waals surface area (Å²) in [7, 11) is 0. The Bertz CT molecular complexity index is 832. The molecule has 0 amide bonds. The molecule has 1 saturated heterocycles. The molecule has 4 rings (SSSR count). The van der Waals surface area contributed by atoms with E-state index in [1.54, 1.807) is 0 Å². The van der Waals surface area contributed by atoms with Gasteiger partial charge in [0.1, 0.15) is 29.8 Å². The SMILES string of the molecule is OCC(c1cc2c(c(-c3ccc(F)cc3)n1)OCC21COC1)C(F)(F)F. The van der Waals surface area contributed by atoms with Crippen LogP contribution in [0.3, 0.4) is 0 Å². The lowest BCUT2D eigenvalue weighted by Gasteiger charge is -2.36. The molecule has 0 aliphatic carbocycles. The summed E-state index contributed by atoms with van der Waals surface area (Å²) < 4.78 is 64.2. The van der Waals surface area contributed by atoms with Crippen molar-refractivity contribution in [2.24, 2.45) is 0 Å². The van der Waals surface area contributed by atoms with E-state index in [4.69, 9.17) is 9.47 Å². The fraction of sp³-hybridized carbons (Fsp3) is 0.389. The van der Waals surface area contributed by atoms with Gasteiger partial charge in [0.15, 0.2) is 0 Å². The van der Waals surface area contributed by atoms with Crippen molar-refractivity contribution in [3.8, 4) is 17.0 Å². The molecule has 1 unspecified atom stereocenters. The van der Waals surface area contributed by atoms with Crippen molar-refractivity contribution in [1.82, 2.24) is 4.98 Å². The molecule has 1 fully saturated rings. The van der Waals surface area contributed by atoms with Crippen LogP contribution in [-0.2, 0) is 10.2 Å². The van der Waals surface area contributed by atoms with Crippen LogP contribution in [-0.4, -0.2) is 42.7 Å². The first-order chi connectivity index (χ1) is 12.3. The maximum atomic E-state index is 13.3. The standard InChI is InChI=1S/C18H15F4NO3/c19-11-3-1-10(2-4-11)15-16-12(17(9-26-16)7-25-8-17)5-14(23-15)13(6-24)18(20,21)22/h1-5,13,24H,6-9H2. The number of fused-ring (bicyclic) bond motifs is 2. The number of rotatable bonds is 3. The van der Waals surface area contributed by atoms with Crippen LogP contribution in [0.25, 0.3) is 11.3 Å². The third-order valence-corrected chi connectivity index (χ3v) is 4.87. The van der Waals surface area contributed by atoms with Crippen LogP contribution in [0.4, 0.5) is 17.6 Å². The number of hydrogen-bond acceptors (Lipinski definition) is 4. The summed E-state index contributed by atoms with van der Waals surface area (Å²) >= 11 is 0. The Kier molecular flexibility index (Phi) is 3.92. The number of aliphatic hydroxyl groups excluding tert-OH is 1. The van der Waals surface area contributed by atoms with Gasteiger partial charge in [-0.25, -0.2) is 9.37 Å². The molecule has 138 valence electrons. The topological polar surface area (TPSA) is 51.6 Å². The van der Waals surface area contributed by atoms with Crippen molar-refractivity contribution in [1.29, 1.82) is 0 Å². The van der Waals surface area contributed by atoms with E-state index in [2.05, 4.69) is 4.98 Å². The van der Waals surface area contributed by atoms with E-state index in [0.717, 1.165) is 0 Å². The Morgan fingerprint density at radius 3 is 2.38 bits per heavy atom. The number of ether oxygens (including phenoxy) is 2. The lowest BCUT2D eigenvalue weighted by Crippen LogP contribution is -2.48. The molecular formula is C18H15F4NO3.